The second kappa shape index (κ2) is 6.61. The predicted octanol–water partition coefficient (Wildman–Crippen LogP) is 2.57. The van der Waals surface area contributed by atoms with Crippen molar-refractivity contribution in [1.29, 1.82) is 0 Å². The molecule has 6 nitrogen and oxygen atoms in total. The van der Waals surface area contributed by atoms with Gasteiger partial charge in [0.1, 0.15) is 11.7 Å². The Morgan fingerprint density at radius 3 is 2.62 bits per heavy atom. The summed E-state index contributed by atoms with van der Waals surface area (Å²) in [4.78, 5) is 35.8. The summed E-state index contributed by atoms with van der Waals surface area (Å²) < 4.78 is 0. The molecule has 4 rings (SSSR count). The standard InChI is InChI=1S/C23H30O6/c1-21-8-5-14(24)11-13(21)3-4-15-16(21)6-9-22(2)17(15)7-10-23(22,29)20(28)18(25)12-19(26)27/h6,11,15,17-18,25,29H,3-5,7-10,12H2,1-2H3,(H,26,27)/t15-,17+,18-,21+,22+,23+/m1/s1. The Labute approximate surface area is 170 Å². The second-order valence-corrected chi connectivity index (χ2v) is 9.88. The molecule has 0 aliphatic heterocycles. The molecule has 0 saturated heterocycles. The van der Waals surface area contributed by atoms with Crippen molar-refractivity contribution in [2.24, 2.45) is 22.7 Å². The minimum Gasteiger partial charge on any atom is -0.481 e. The number of allylic oxidation sites excluding steroid dienone is 4. The van der Waals surface area contributed by atoms with Gasteiger partial charge in [0.25, 0.3) is 0 Å². The van der Waals surface area contributed by atoms with Gasteiger partial charge >= 0.3 is 5.97 Å². The summed E-state index contributed by atoms with van der Waals surface area (Å²) >= 11 is 0. The van der Waals surface area contributed by atoms with E-state index in [9.17, 15) is 24.6 Å². The van der Waals surface area contributed by atoms with Gasteiger partial charge in [0, 0.05) is 17.3 Å². The lowest BCUT2D eigenvalue weighted by atomic mass is 9.50. The second-order valence-electron chi connectivity index (χ2n) is 9.88. The van der Waals surface area contributed by atoms with E-state index in [1.807, 2.05) is 13.0 Å². The highest BCUT2D eigenvalue weighted by molar-refractivity contribution is 5.94. The zero-order chi connectivity index (χ0) is 21.2. The predicted molar refractivity (Wildman–Crippen MR) is 105 cm³/mol. The van der Waals surface area contributed by atoms with E-state index >= 15 is 0 Å². The first-order chi connectivity index (χ1) is 13.5. The molecule has 158 valence electrons. The smallest absolute Gasteiger partial charge is 0.306 e. The SMILES string of the molecule is C[C@]12CCC(=O)C=C1CC[C@@H]1C2=CC[C@@]2(C)[C@H]1CC[C@]2(O)C(=O)[C@H](O)CC(=O)O. The van der Waals surface area contributed by atoms with Gasteiger partial charge in [-0.05, 0) is 56.4 Å². The van der Waals surface area contributed by atoms with Crippen molar-refractivity contribution in [3.8, 4) is 0 Å². The molecule has 0 amide bonds. The Morgan fingerprint density at radius 2 is 1.93 bits per heavy atom. The molecule has 4 aliphatic rings. The molecule has 0 spiro atoms. The maximum absolute atomic E-state index is 12.9. The summed E-state index contributed by atoms with van der Waals surface area (Å²) in [5.74, 6) is -1.48. The van der Waals surface area contributed by atoms with Crippen LogP contribution in [0.15, 0.2) is 23.3 Å². The quantitative estimate of drug-likeness (QED) is 0.623. The van der Waals surface area contributed by atoms with Gasteiger partial charge in [-0.15, -0.1) is 0 Å². The molecule has 0 aromatic rings. The molecule has 0 unspecified atom stereocenters. The Balaban J connectivity index is 1.68. The third-order valence-corrected chi connectivity index (χ3v) is 8.57. The number of aliphatic hydroxyl groups excluding tert-OH is 1. The van der Waals surface area contributed by atoms with Crippen molar-refractivity contribution in [3.63, 3.8) is 0 Å². The minimum absolute atomic E-state index is 0.101. The molecule has 2 fully saturated rings. The molecule has 6 heteroatoms. The molecular formula is C23H30O6. The average molecular weight is 402 g/mol. The Hall–Kier alpha value is -1.79. The van der Waals surface area contributed by atoms with Gasteiger partial charge in [0.15, 0.2) is 11.6 Å². The van der Waals surface area contributed by atoms with Crippen molar-refractivity contribution in [1.82, 2.24) is 0 Å². The highest BCUT2D eigenvalue weighted by Gasteiger charge is 2.65. The van der Waals surface area contributed by atoms with Crippen molar-refractivity contribution >= 4 is 17.5 Å². The molecular weight excluding hydrogens is 372 g/mol. The highest BCUT2D eigenvalue weighted by Crippen LogP contribution is 2.65. The first kappa shape index (κ1) is 20.5. The monoisotopic (exact) mass is 402 g/mol. The number of Topliss-reactive ketones (excluding diaryl/α,β-unsaturated/α-hetero) is 1. The fraction of sp³-hybridized carbons (Fsp3) is 0.696. The summed E-state index contributed by atoms with van der Waals surface area (Å²) in [6.45, 7) is 4.14. The number of carbonyl (C=O) groups is 3. The van der Waals surface area contributed by atoms with Crippen LogP contribution in [0.25, 0.3) is 0 Å². The summed E-state index contributed by atoms with van der Waals surface area (Å²) in [6.07, 6.45) is 6.15. The molecule has 0 bridgehead atoms. The lowest BCUT2D eigenvalue weighted by Crippen LogP contribution is -2.57. The molecule has 3 N–H and O–H groups in total. The van der Waals surface area contributed by atoms with Crippen molar-refractivity contribution < 1.29 is 29.7 Å². The van der Waals surface area contributed by atoms with Crippen LogP contribution in [0.1, 0.15) is 65.2 Å². The van der Waals surface area contributed by atoms with Crippen LogP contribution in [-0.2, 0) is 14.4 Å². The minimum atomic E-state index is -1.71. The summed E-state index contributed by atoms with van der Waals surface area (Å²) in [5, 5.41) is 30.5. The Kier molecular flexibility index (Phi) is 4.67. The third-order valence-electron chi connectivity index (χ3n) is 8.57. The van der Waals surface area contributed by atoms with Gasteiger partial charge in [-0.1, -0.05) is 31.1 Å². The van der Waals surface area contributed by atoms with Gasteiger partial charge in [0.05, 0.1) is 6.42 Å². The fourth-order valence-electron chi connectivity index (χ4n) is 6.81. The Morgan fingerprint density at radius 1 is 1.21 bits per heavy atom. The van der Waals surface area contributed by atoms with E-state index in [4.69, 9.17) is 5.11 Å². The van der Waals surface area contributed by atoms with E-state index in [1.165, 1.54) is 11.1 Å². The molecule has 4 aliphatic carbocycles. The molecule has 0 radical (unpaired) electrons. The number of fused-ring (bicyclic) bond motifs is 5. The van der Waals surface area contributed by atoms with Gasteiger partial charge in [-0.25, -0.2) is 0 Å². The first-order valence-corrected chi connectivity index (χ1v) is 10.6. The number of hydrogen-bond donors (Lipinski definition) is 3. The Bertz CT molecular complexity index is 840. The van der Waals surface area contributed by atoms with E-state index in [0.29, 0.717) is 19.3 Å². The first-order valence-electron chi connectivity index (χ1n) is 10.6. The third kappa shape index (κ3) is 2.79. The van der Waals surface area contributed by atoms with E-state index in [0.717, 1.165) is 19.3 Å². The molecule has 29 heavy (non-hydrogen) atoms. The number of hydrogen-bond acceptors (Lipinski definition) is 5. The topological polar surface area (TPSA) is 112 Å². The van der Waals surface area contributed by atoms with E-state index in [1.54, 1.807) is 0 Å². The molecule has 6 atom stereocenters. The lowest BCUT2D eigenvalue weighted by molar-refractivity contribution is -0.164. The molecule has 2 saturated carbocycles. The average Bonchev–Trinajstić information content (AvgIpc) is 2.93. The number of ketones is 2. The van der Waals surface area contributed by atoms with Crippen LogP contribution >= 0.6 is 0 Å². The van der Waals surface area contributed by atoms with Crippen LogP contribution in [0.5, 0.6) is 0 Å². The van der Waals surface area contributed by atoms with Crippen molar-refractivity contribution in [3.05, 3.63) is 23.3 Å². The molecule has 0 heterocycles. The van der Waals surface area contributed by atoms with Crippen molar-refractivity contribution in [2.45, 2.75) is 76.9 Å². The zero-order valence-electron chi connectivity index (χ0n) is 17.1. The summed E-state index contributed by atoms with van der Waals surface area (Å²) in [5.41, 5.74) is -0.00611. The normalized spacial score (nSPS) is 42.1. The number of aliphatic hydroxyl groups is 2. The van der Waals surface area contributed by atoms with E-state index in [-0.39, 0.29) is 29.5 Å². The number of carbonyl (C=O) groups excluding carboxylic acids is 2. The number of aliphatic carboxylic acids is 1. The maximum atomic E-state index is 12.9. The lowest BCUT2D eigenvalue weighted by Gasteiger charge is -2.54. The highest BCUT2D eigenvalue weighted by atomic mass is 16.4. The van der Waals surface area contributed by atoms with Gasteiger partial charge in [0.2, 0.25) is 0 Å². The van der Waals surface area contributed by atoms with Gasteiger partial charge in [-0.3, -0.25) is 14.4 Å². The van der Waals surface area contributed by atoms with Gasteiger partial charge < -0.3 is 15.3 Å². The van der Waals surface area contributed by atoms with Crippen LogP contribution in [-0.4, -0.2) is 44.6 Å². The van der Waals surface area contributed by atoms with Crippen LogP contribution in [0.2, 0.25) is 0 Å². The summed E-state index contributed by atoms with van der Waals surface area (Å²) in [7, 11) is 0. The zero-order valence-corrected chi connectivity index (χ0v) is 17.1. The summed E-state index contributed by atoms with van der Waals surface area (Å²) in [6, 6.07) is 0. The van der Waals surface area contributed by atoms with Gasteiger partial charge in [-0.2, -0.15) is 0 Å². The number of carboxylic acids is 1. The van der Waals surface area contributed by atoms with Crippen LogP contribution < -0.4 is 0 Å². The molecule has 0 aromatic carbocycles. The molecule has 0 aromatic heterocycles. The number of rotatable bonds is 4. The van der Waals surface area contributed by atoms with E-state index in [2.05, 4.69) is 13.0 Å². The van der Waals surface area contributed by atoms with Crippen LogP contribution in [0, 0.1) is 22.7 Å². The largest absolute Gasteiger partial charge is 0.481 e. The maximum Gasteiger partial charge on any atom is 0.306 e. The van der Waals surface area contributed by atoms with Crippen molar-refractivity contribution in [2.75, 3.05) is 0 Å². The van der Waals surface area contributed by atoms with Crippen LogP contribution in [0.4, 0.5) is 0 Å². The number of carboxylic acid groups (broad SMARTS) is 1. The van der Waals surface area contributed by atoms with Crippen LogP contribution in [0.3, 0.4) is 0 Å². The fourth-order valence-corrected chi connectivity index (χ4v) is 6.81. The van der Waals surface area contributed by atoms with E-state index < -0.39 is 35.3 Å².